The maximum Gasteiger partial charge on any atom is 0.320 e. The molecule has 0 aliphatic carbocycles. The lowest BCUT2D eigenvalue weighted by Crippen LogP contribution is -2.32. The number of carboxylic acids is 2. The highest BCUT2D eigenvalue weighted by atomic mass is 16.4. The van der Waals surface area contributed by atoms with Crippen LogP contribution in [0.5, 0.6) is 0 Å². The Hall–Kier alpha value is -1.92. The highest BCUT2D eigenvalue weighted by Gasteiger charge is 2.10. The molecule has 6 heteroatoms. The fourth-order valence-electron chi connectivity index (χ4n) is 0.955. The fraction of sp³-hybridized carbons (Fsp3) is 0.273. The van der Waals surface area contributed by atoms with Gasteiger partial charge in [0.05, 0.1) is 6.54 Å². The van der Waals surface area contributed by atoms with Crippen LogP contribution in [0, 0.1) is 0 Å². The Morgan fingerprint density at radius 2 is 1.65 bits per heavy atom. The lowest BCUT2D eigenvalue weighted by Gasteiger charge is -2.04. The molecule has 0 aliphatic heterocycles. The van der Waals surface area contributed by atoms with Crippen LogP contribution < -0.4 is 11.5 Å². The molecule has 0 aliphatic rings. The summed E-state index contributed by atoms with van der Waals surface area (Å²) in [5, 5.41) is 16.1. The Morgan fingerprint density at radius 3 is 2.00 bits per heavy atom. The van der Waals surface area contributed by atoms with E-state index in [1.807, 2.05) is 30.3 Å². The van der Waals surface area contributed by atoms with E-state index in [-0.39, 0.29) is 6.54 Å². The van der Waals surface area contributed by atoms with Gasteiger partial charge in [0, 0.05) is 0 Å². The minimum Gasteiger partial charge on any atom is -0.480 e. The molecule has 1 aromatic carbocycles. The average molecular weight is 240 g/mol. The van der Waals surface area contributed by atoms with Crippen LogP contribution in [0.4, 0.5) is 0 Å². The van der Waals surface area contributed by atoms with Crippen molar-refractivity contribution in [1.29, 1.82) is 0 Å². The second kappa shape index (κ2) is 8.26. The van der Waals surface area contributed by atoms with Gasteiger partial charge in [-0.3, -0.25) is 9.59 Å². The van der Waals surface area contributed by atoms with Gasteiger partial charge in [-0.1, -0.05) is 30.3 Å². The van der Waals surface area contributed by atoms with Crippen LogP contribution in [0.3, 0.4) is 0 Å². The van der Waals surface area contributed by atoms with Crippen molar-refractivity contribution in [3.8, 4) is 0 Å². The zero-order valence-corrected chi connectivity index (χ0v) is 9.24. The Bertz CT molecular complexity index is 354. The molecule has 0 heterocycles. The molecule has 0 amide bonds. The number of rotatable bonds is 4. The Labute approximate surface area is 98.9 Å². The van der Waals surface area contributed by atoms with Crippen LogP contribution in [0.1, 0.15) is 5.56 Å². The molecule has 0 unspecified atom stereocenters. The quantitative estimate of drug-likeness (QED) is 0.570. The predicted octanol–water partition coefficient (Wildman–Crippen LogP) is -0.329. The van der Waals surface area contributed by atoms with Crippen LogP contribution in [0.25, 0.3) is 0 Å². The number of benzene rings is 1. The second-order valence-electron chi connectivity index (χ2n) is 3.23. The van der Waals surface area contributed by atoms with Crippen molar-refractivity contribution < 1.29 is 19.8 Å². The number of hydrogen-bond acceptors (Lipinski definition) is 4. The summed E-state index contributed by atoms with van der Waals surface area (Å²) < 4.78 is 0. The number of carbonyl (C=O) groups is 2. The van der Waals surface area contributed by atoms with Crippen LogP contribution in [0.15, 0.2) is 30.3 Å². The minimum absolute atomic E-state index is 0.278. The summed E-state index contributed by atoms with van der Waals surface area (Å²) in [6.07, 6.45) is 0.385. The first-order valence-corrected chi connectivity index (χ1v) is 4.91. The first-order valence-electron chi connectivity index (χ1n) is 4.91. The van der Waals surface area contributed by atoms with Gasteiger partial charge in [0.2, 0.25) is 0 Å². The van der Waals surface area contributed by atoms with Crippen LogP contribution >= 0.6 is 0 Å². The zero-order valence-electron chi connectivity index (χ0n) is 9.24. The van der Waals surface area contributed by atoms with E-state index in [0.717, 1.165) is 5.56 Å². The third-order valence-electron chi connectivity index (χ3n) is 1.79. The zero-order chi connectivity index (χ0) is 13.3. The molecule has 17 heavy (non-hydrogen) atoms. The van der Waals surface area contributed by atoms with Crippen molar-refractivity contribution in [2.24, 2.45) is 11.5 Å². The summed E-state index contributed by atoms with van der Waals surface area (Å²) in [5.74, 6) is -1.93. The minimum atomic E-state index is -0.968. The maximum atomic E-state index is 10.4. The largest absolute Gasteiger partial charge is 0.480 e. The SMILES string of the molecule is NCC(=O)O.N[C@H](Cc1ccccc1)C(=O)O. The standard InChI is InChI=1S/C9H11NO2.C2H5NO2/c10-8(9(11)12)6-7-4-2-1-3-5-7;3-1-2(4)5/h1-5,8H,6,10H2,(H,11,12);1,3H2,(H,4,5)/t8-;/m1./s1. The van der Waals surface area contributed by atoms with Gasteiger partial charge in [0.1, 0.15) is 6.04 Å². The molecule has 0 aromatic heterocycles. The van der Waals surface area contributed by atoms with Gasteiger partial charge in [-0.05, 0) is 12.0 Å². The van der Waals surface area contributed by atoms with Gasteiger partial charge < -0.3 is 21.7 Å². The smallest absolute Gasteiger partial charge is 0.320 e. The van der Waals surface area contributed by atoms with E-state index in [0.29, 0.717) is 6.42 Å². The van der Waals surface area contributed by atoms with Crippen LogP contribution in [0.2, 0.25) is 0 Å². The number of carboxylic acid groups (broad SMARTS) is 2. The summed E-state index contributed by atoms with van der Waals surface area (Å²) in [4.78, 5) is 19.6. The molecular weight excluding hydrogens is 224 g/mol. The van der Waals surface area contributed by atoms with Crippen molar-refractivity contribution in [2.75, 3.05) is 6.54 Å². The first-order chi connectivity index (χ1) is 7.97. The highest BCUT2D eigenvalue weighted by molar-refractivity contribution is 5.73. The molecule has 1 rings (SSSR count). The van der Waals surface area contributed by atoms with E-state index in [9.17, 15) is 9.59 Å². The maximum absolute atomic E-state index is 10.4. The number of aliphatic carboxylic acids is 2. The van der Waals surface area contributed by atoms with E-state index in [2.05, 4.69) is 5.73 Å². The van der Waals surface area contributed by atoms with E-state index >= 15 is 0 Å². The van der Waals surface area contributed by atoms with Crippen molar-refractivity contribution in [3.63, 3.8) is 0 Å². The molecular formula is C11H16N2O4. The third-order valence-corrected chi connectivity index (χ3v) is 1.79. The van der Waals surface area contributed by atoms with Gasteiger partial charge in [0.25, 0.3) is 0 Å². The van der Waals surface area contributed by atoms with Gasteiger partial charge in [0.15, 0.2) is 0 Å². The van der Waals surface area contributed by atoms with Gasteiger partial charge >= 0.3 is 11.9 Å². The molecule has 0 bridgehead atoms. The van der Waals surface area contributed by atoms with E-state index in [4.69, 9.17) is 15.9 Å². The van der Waals surface area contributed by atoms with Crippen molar-refractivity contribution >= 4 is 11.9 Å². The van der Waals surface area contributed by atoms with Crippen LogP contribution in [-0.4, -0.2) is 34.7 Å². The summed E-state index contributed by atoms with van der Waals surface area (Å²) >= 11 is 0. The molecule has 0 radical (unpaired) electrons. The summed E-state index contributed by atoms with van der Waals surface area (Å²) in [7, 11) is 0. The van der Waals surface area contributed by atoms with E-state index < -0.39 is 18.0 Å². The topological polar surface area (TPSA) is 127 Å². The molecule has 0 spiro atoms. The normalized spacial score (nSPS) is 10.9. The molecule has 0 saturated heterocycles. The first kappa shape index (κ1) is 15.1. The van der Waals surface area contributed by atoms with E-state index in [1.165, 1.54) is 0 Å². The lowest BCUT2D eigenvalue weighted by molar-refractivity contribution is -0.138. The van der Waals surface area contributed by atoms with Crippen LogP contribution in [-0.2, 0) is 16.0 Å². The van der Waals surface area contributed by atoms with E-state index in [1.54, 1.807) is 0 Å². The van der Waals surface area contributed by atoms with Gasteiger partial charge in [-0.25, -0.2) is 0 Å². The summed E-state index contributed by atoms with van der Waals surface area (Å²) in [5.41, 5.74) is 10.9. The summed E-state index contributed by atoms with van der Waals surface area (Å²) in [6, 6.07) is 8.54. The summed E-state index contributed by atoms with van der Waals surface area (Å²) in [6.45, 7) is -0.278. The predicted molar refractivity (Wildman–Crippen MR) is 62.4 cm³/mol. The highest BCUT2D eigenvalue weighted by Crippen LogP contribution is 2.01. The molecule has 0 fully saturated rings. The average Bonchev–Trinajstić information content (AvgIpc) is 2.31. The van der Waals surface area contributed by atoms with Crippen molar-refractivity contribution in [2.45, 2.75) is 12.5 Å². The molecule has 6 nitrogen and oxygen atoms in total. The van der Waals surface area contributed by atoms with Crippen molar-refractivity contribution in [1.82, 2.24) is 0 Å². The Kier molecular flexibility index (Phi) is 7.32. The molecule has 6 N–H and O–H groups in total. The second-order valence-corrected chi connectivity index (χ2v) is 3.23. The molecule has 94 valence electrons. The lowest BCUT2D eigenvalue weighted by atomic mass is 10.1. The third kappa shape index (κ3) is 7.95. The number of hydrogen-bond donors (Lipinski definition) is 4. The molecule has 1 atom stereocenters. The van der Waals surface area contributed by atoms with Crippen molar-refractivity contribution in [3.05, 3.63) is 35.9 Å². The van der Waals surface area contributed by atoms with Gasteiger partial charge in [-0.15, -0.1) is 0 Å². The Balaban J connectivity index is 0.000000437. The van der Waals surface area contributed by atoms with Gasteiger partial charge in [-0.2, -0.15) is 0 Å². The molecule has 1 aromatic rings. The number of nitrogens with two attached hydrogens (primary N) is 2. The Morgan fingerprint density at radius 1 is 1.18 bits per heavy atom. The molecule has 0 saturated carbocycles. The fourth-order valence-corrected chi connectivity index (χ4v) is 0.955. The monoisotopic (exact) mass is 240 g/mol.